The molecule has 5 heteroatoms. The number of amides is 1. The zero-order valence-corrected chi connectivity index (χ0v) is 12.8. The van der Waals surface area contributed by atoms with Crippen LogP contribution in [0.3, 0.4) is 0 Å². The number of hydrogen-bond donors (Lipinski definition) is 2. The number of aryl methyl sites for hydroxylation is 1. The molecule has 1 amide bonds. The molecule has 2 aromatic rings. The molecule has 21 heavy (non-hydrogen) atoms. The van der Waals surface area contributed by atoms with Gasteiger partial charge in [-0.15, -0.1) is 0 Å². The van der Waals surface area contributed by atoms with E-state index in [0.717, 1.165) is 16.8 Å². The number of carbonyl (C=O) groups is 1. The van der Waals surface area contributed by atoms with Crippen LogP contribution in [-0.4, -0.2) is 22.3 Å². The number of nitrogens with one attached hydrogen (secondary N) is 2. The highest BCUT2D eigenvalue weighted by molar-refractivity contribution is 5.93. The molecule has 0 atom stereocenters. The highest BCUT2D eigenvalue weighted by Crippen LogP contribution is 2.20. The monoisotopic (exact) mass is 284 g/mol. The minimum atomic E-state index is -0.327. The van der Waals surface area contributed by atoms with Crippen molar-refractivity contribution in [2.45, 2.75) is 33.1 Å². The second-order valence-corrected chi connectivity index (χ2v) is 5.97. The van der Waals surface area contributed by atoms with Gasteiger partial charge in [0.25, 0.3) is 5.91 Å². The van der Waals surface area contributed by atoms with Crippen molar-refractivity contribution < 1.29 is 4.79 Å². The van der Waals surface area contributed by atoms with Crippen LogP contribution in [0.4, 0.5) is 0 Å². The first-order valence-electron chi connectivity index (χ1n) is 6.83. The smallest absolute Gasteiger partial charge is 0.281 e. The zero-order chi connectivity index (χ0) is 15.5. The van der Waals surface area contributed by atoms with E-state index in [2.05, 4.69) is 41.5 Å². The van der Waals surface area contributed by atoms with E-state index in [-0.39, 0.29) is 11.3 Å². The molecule has 0 bridgehead atoms. The van der Waals surface area contributed by atoms with Crippen molar-refractivity contribution in [2.24, 2.45) is 5.10 Å². The fourth-order valence-electron chi connectivity index (χ4n) is 1.77. The maximum absolute atomic E-state index is 12.0. The second kappa shape index (κ2) is 5.91. The van der Waals surface area contributed by atoms with E-state index >= 15 is 0 Å². The van der Waals surface area contributed by atoms with Crippen LogP contribution in [0, 0.1) is 6.92 Å². The fourth-order valence-corrected chi connectivity index (χ4v) is 1.77. The van der Waals surface area contributed by atoms with Crippen LogP contribution in [0.5, 0.6) is 0 Å². The third-order valence-electron chi connectivity index (χ3n) is 3.18. The molecular formula is C16H20N4O. The molecule has 0 saturated heterocycles. The van der Waals surface area contributed by atoms with Gasteiger partial charge >= 0.3 is 0 Å². The molecule has 0 spiro atoms. The zero-order valence-electron chi connectivity index (χ0n) is 12.8. The van der Waals surface area contributed by atoms with E-state index in [1.807, 2.05) is 31.2 Å². The summed E-state index contributed by atoms with van der Waals surface area (Å²) in [5, 5.41) is 10.9. The summed E-state index contributed by atoms with van der Waals surface area (Å²) in [5.41, 5.74) is 5.73. The van der Waals surface area contributed by atoms with E-state index in [1.165, 1.54) is 0 Å². The lowest BCUT2D eigenvalue weighted by molar-refractivity contribution is 0.0950. The number of rotatable bonds is 3. The second-order valence-electron chi connectivity index (χ2n) is 5.97. The van der Waals surface area contributed by atoms with Crippen LogP contribution in [0.15, 0.2) is 35.4 Å². The van der Waals surface area contributed by atoms with Gasteiger partial charge < -0.3 is 0 Å². The quantitative estimate of drug-likeness (QED) is 0.672. The number of aromatic amines is 1. The van der Waals surface area contributed by atoms with Crippen LogP contribution < -0.4 is 5.43 Å². The Balaban J connectivity index is 2.02. The molecule has 110 valence electrons. The van der Waals surface area contributed by atoms with Gasteiger partial charge in [-0.3, -0.25) is 9.89 Å². The van der Waals surface area contributed by atoms with E-state index in [0.29, 0.717) is 5.69 Å². The lowest BCUT2D eigenvalue weighted by Crippen LogP contribution is -2.18. The number of H-pyrrole nitrogens is 1. The minimum Gasteiger partial charge on any atom is -0.281 e. The molecule has 2 N–H and O–H groups in total. The molecule has 0 aliphatic carbocycles. The average molecular weight is 284 g/mol. The molecule has 0 radical (unpaired) electrons. The summed E-state index contributed by atoms with van der Waals surface area (Å²) < 4.78 is 0. The topological polar surface area (TPSA) is 70.1 Å². The van der Waals surface area contributed by atoms with Crippen LogP contribution in [0.2, 0.25) is 0 Å². The molecule has 0 fully saturated rings. The molecule has 0 aliphatic rings. The van der Waals surface area contributed by atoms with Gasteiger partial charge in [-0.1, -0.05) is 45.0 Å². The van der Waals surface area contributed by atoms with Gasteiger partial charge in [-0.25, -0.2) is 5.43 Å². The molecule has 1 heterocycles. The first-order valence-corrected chi connectivity index (χ1v) is 6.83. The van der Waals surface area contributed by atoms with Crippen molar-refractivity contribution in [1.82, 2.24) is 15.6 Å². The van der Waals surface area contributed by atoms with Crippen LogP contribution >= 0.6 is 0 Å². The molecule has 1 aromatic carbocycles. The number of hydrazone groups is 1. The van der Waals surface area contributed by atoms with Gasteiger partial charge in [0.05, 0.1) is 6.21 Å². The van der Waals surface area contributed by atoms with Crippen molar-refractivity contribution in [2.75, 3.05) is 0 Å². The summed E-state index contributed by atoms with van der Waals surface area (Å²) in [7, 11) is 0. The molecule has 2 rings (SSSR count). The van der Waals surface area contributed by atoms with E-state index in [4.69, 9.17) is 0 Å². The predicted molar refractivity (Wildman–Crippen MR) is 83.5 cm³/mol. The number of carbonyl (C=O) groups excluding carboxylic acids is 1. The van der Waals surface area contributed by atoms with Gasteiger partial charge in [0.15, 0.2) is 5.69 Å². The highest BCUT2D eigenvalue weighted by Gasteiger charge is 2.19. The summed E-state index contributed by atoms with van der Waals surface area (Å²) in [6.45, 7) is 8.15. The van der Waals surface area contributed by atoms with Crippen LogP contribution in [0.1, 0.15) is 48.1 Å². The molecule has 0 aliphatic heterocycles. The van der Waals surface area contributed by atoms with Crippen molar-refractivity contribution in [3.8, 4) is 0 Å². The van der Waals surface area contributed by atoms with E-state index < -0.39 is 0 Å². The summed E-state index contributed by atoms with van der Waals surface area (Å²) in [6.07, 6.45) is 1.63. The first kappa shape index (κ1) is 15.0. The van der Waals surface area contributed by atoms with Crippen molar-refractivity contribution in [1.29, 1.82) is 0 Å². The largest absolute Gasteiger partial charge is 0.291 e. The van der Waals surface area contributed by atoms with Gasteiger partial charge in [0.2, 0.25) is 0 Å². The summed E-state index contributed by atoms with van der Waals surface area (Å²) in [5.74, 6) is -0.327. The van der Waals surface area contributed by atoms with Gasteiger partial charge in [0.1, 0.15) is 0 Å². The maximum Gasteiger partial charge on any atom is 0.291 e. The Morgan fingerprint density at radius 1 is 1.33 bits per heavy atom. The minimum absolute atomic E-state index is 0.0735. The Kier molecular flexibility index (Phi) is 4.21. The number of benzene rings is 1. The molecule has 1 aromatic heterocycles. The fraction of sp³-hybridized carbons (Fsp3) is 0.312. The van der Waals surface area contributed by atoms with E-state index in [1.54, 1.807) is 12.3 Å². The Labute approximate surface area is 124 Å². The maximum atomic E-state index is 12.0. The average Bonchev–Trinajstić information content (AvgIpc) is 2.90. The van der Waals surface area contributed by atoms with Gasteiger partial charge in [-0.2, -0.15) is 10.2 Å². The van der Waals surface area contributed by atoms with Crippen LogP contribution in [0.25, 0.3) is 0 Å². The van der Waals surface area contributed by atoms with Crippen molar-refractivity contribution in [3.05, 3.63) is 52.8 Å². The molecule has 0 saturated carbocycles. The standard InChI is InChI=1S/C16H20N4O/c1-11-7-5-6-8-12(11)10-17-20-15(21)13-9-14(19-18-13)16(2,3)4/h5-10H,1-4H3,(H,18,19)(H,20,21). The Morgan fingerprint density at radius 2 is 2.05 bits per heavy atom. The first-order chi connectivity index (χ1) is 9.88. The number of nitrogens with zero attached hydrogens (tertiary/aromatic N) is 2. The lowest BCUT2D eigenvalue weighted by Gasteiger charge is -2.14. The van der Waals surface area contributed by atoms with Crippen LogP contribution in [-0.2, 0) is 5.41 Å². The summed E-state index contributed by atoms with van der Waals surface area (Å²) in [4.78, 5) is 12.0. The molecule has 0 unspecified atom stereocenters. The Morgan fingerprint density at radius 3 is 2.67 bits per heavy atom. The van der Waals surface area contributed by atoms with Crippen molar-refractivity contribution in [3.63, 3.8) is 0 Å². The van der Waals surface area contributed by atoms with Crippen molar-refractivity contribution >= 4 is 12.1 Å². The molecular weight excluding hydrogens is 264 g/mol. The normalized spacial score (nSPS) is 11.8. The highest BCUT2D eigenvalue weighted by atomic mass is 16.2. The van der Waals surface area contributed by atoms with Gasteiger partial charge in [-0.05, 0) is 24.1 Å². The lowest BCUT2D eigenvalue weighted by atomic mass is 9.92. The summed E-state index contributed by atoms with van der Waals surface area (Å²) in [6, 6.07) is 9.57. The Hall–Kier alpha value is -2.43. The molecule has 5 nitrogen and oxygen atoms in total. The SMILES string of the molecule is Cc1ccccc1C=NNC(=O)c1cc(C(C)(C)C)[nH]n1. The third kappa shape index (κ3) is 3.78. The number of aromatic nitrogens is 2. The van der Waals surface area contributed by atoms with Gasteiger partial charge in [0, 0.05) is 11.1 Å². The Bertz CT molecular complexity index is 665. The summed E-state index contributed by atoms with van der Waals surface area (Å²) >= 11 is 0. The number of hydrogen-bond acceptors (Lipinski definition) is 3. The third-order valence-corrected chi connectivity index (χ3v) is 3.18. The predicted octanol–water partition coefficient (Wildman–Crippen LogP) is 2.78. The van der Waals surface area contributed by atoms with E-state index in [9.17, 15) is 4.79 Å².